The number of halogens is 3. The van der Waals surface area contributed by atoms with E-state index in [-0.39, 0.29) is 30.0 Å². The third kappa shape index (κ3) is 3.70. The van der Waals surface area contributed by atoms with Crippen LogP contribution in [0, 0.1) is 6.92 Å². The molecule has 0 saturated carbocycles. The summed E-state index contributed by atoms with van der Waals surface area (Å²) in [6, 6.07) is 13.9. The Balaban J connectivity index is 1.45. The fourth-order valence-electron chi connectivity index (χ4n) is 4.78. The fraction of sp³-hybridized carbons (Fsp3) is 0.154. The lowest BCUT2D eigenvalue weighted by molar-refractivity contribution is -0.141. The van der Waals surface area contributed by atoms with Gasteiger partial charge in [-0.25, -0.2) is 14.6 Å². The second-order valence-electron chi connectivity index (χ2n) is 8.75. The summed E-state index contributed by atoms with van der Waals surface area (Å²) in [5.41, 5.74) is 6.44. The number of nitrogens with zero attached hydrogens (tertiary/aromatic N) is 6. The summed E-state index contributed by atoms with van der Waals surface area (Å²) in [4.78, 5) is 23.4. The van der Waals surface area contributed by atoms with Gasteiger partial charge in [-0.2, -0.15) is 18.3 Å². The first-order valence-electron chi connectivity index (χ1n) is 11.5. The van der Waals surface area contributed by atoms with Crippen LogP contribution in [-0.4, -0.2) is 36.8 Å². The van der Waals surface area contributed by atoms with Crippen molar-refractivity contribution in [2.24, 2.45) is 0 Å². The predicted molar refractivity (Wildman–Crippen MR) is 132 cm³/mol. The smallest absolute Gasteiger partial charge is 0.383 e. The van der Waals surface area contributed by atoms with E-state index in [1.54, 1.807) is 48.8 Å². The molecule has 4 heterocycles. The van der Waals surface area contributed by atoms with Gasteiger partial charge >= 0.3 is 6.18 Å². The Labute approximate surface area is 208 Å². The highest BCUT2D eigenvalue weighted by Crippen LogP contribution is 2.37. The Bertz CT molecular complexity index is 1670. The Morgan fingerprint density at radius 1 is 0.946 bits per heavy atom. The summed E-state index contributed by atoms with van der Waals surface area (Å²) in [7, 11) is 0. The van der Waals surface area contributed by atoms with Gasteiger partial charge in [-0.1, -0.05) is 6.07 Å². The summed E-state index contributed by atoms with van der Waals surface area (Å²) in [5, 5.41) is 5.21. The van der Waals surface area contributed by atoms with Crippen LogP contribution in [0.5, 0.6) is 0 Å². The number of amides is 1. The number of hydrogen-bond acceptors (Lipinski definition) is 5. The number of anilines is 2. The van der Waals surface area contributed by atoms with E-state index in [1.165, 1.54) is 4.90 Å². The average molecular weight is 503 g/mol. The second-order valence-corrected chi connectivity index (χ2v) is 8.75. The number of hydrogen-bond donors (Lipinski definition) is 1. The number of nitrogen functional groups attached to an aromatic ring is 1. The number of carbonyl (C=O) groups excluding carboxylic acids is 1. The molecular formula is C26H20F3N7O. The Hall–Kier alpha value is -4.67. The van der Waals surface area contributed by atoms with Gasteiger partial charge in [-0.15, -0.1) is 0 Å². The van der Waals surface area contributed by atoms with Crippen molar-refractivity contribution >= 4 is 28.2 Å². The van der Waals surface area contributed by atoms with Crippen molar-refractivity contribution < 1.29 is 18.0 Å². The quantitative estimate of drug-likeness (QED) is 0.385. The number of aryl methyl sites for hydroxylation is 1. The van der Waals surface area contributed by atoms with E-state index in [2.05, 4.69) is 15.1 Å². The average Bonchev–Trinajstić information content (AvgIpc) is 3.49. The lowest BCUT2D eigenvalue weighted by atomic mass is 10.0. The van der Waals surface area contributed by atoms with Gasteiger partial charge in [-0.05, 0) is 61.2 Å². The van der Waals surface area contributed by atoms with Gasteiger partial charge in [0.2, 0.25) is 0 Å². The van der Waals surface area contributed by atoms with Gasteiger partial charge in [0.05, 0.1) is 5.69 Å². The minimum absolute atomic E-state index is 0.00950. The Kier molecular flexibility index (Phi) is 5.04. The first kappa shape index (κ1) is 22.8. The van der Waals surface area contributed by atoms with Crippen LogP contribution < -0.4 is 10.6 Å². The summed E-state index contributed by atoms with van der Waals surface area (Å²) in [5.74, 6) is 0.480. The fourth-order valence-corrected chi connectivity index (χ4v) is 4.78. The molecule has 11 heteroatoms. The maximum Gasteiger partial charge on any atom is 0.435 e. The molecule has 8 nitrogen and oxygen atoms in total. The van der Waals surface area contributed by atoms with Crippen molar-refractivity contribution in [1.29, 1.82) is 0 Å². The highest BCUT2D eigenvalue weighted by molar-refractivity contribution is 6.08. The molecule has 6 rings (SSSR count). The maximum atomic E-state index is 13.9. The van der Waals surface area contributed by atoms with E-state index in [0.717, 1.165) is 21.6 Å². The third-order valence-corrected chi connectivity index (χ3v) is 6.58. The zero-order chi connectivity index (χ0) is 25.9. The molecule has 1 amide bonds. The van der Waals surface area contributed by atoms with Crippen molar-refractivity contribution in [2.45, 2.75) is 19.5 Å². The molecule has 2 N–H and O–H groups in total. The number of alkyl halides is 3. The lowest BCUT2D eigenvalue weighted by Crippen LogP contribution is -2.39. The van der Waals surface area contributed by atoms with E-state index < -0.39 is 17.8 Å². The molecular weight excluding hydrogens is 483 g/mol. The van der Waals surface area contributed by atoms with Crippen molar-refractivity contribution in [3.05, 3.63) is 89.9 Å². The number of pyridine rings is 1. The number of nitrogens with two attached hydrogens (primary N) is 1. The van der Waals surface area contributed by atoms with E-state index in [1.807, 2.05) is 29.8 Å². The zero-order valence-electron chi connectivity index (χ0n) is 19.6. The molecule has 0 radical (unpaired) electrons. The monoisotopic (exact) mass is 503 g/mol. The van der Waals surface area contributed by atoms with E-state index in [0.29, 0.717) is 16.8 Å². The number of rotatable bonds is 3. The number of imidazole rings is 1. The lowest BCUT2D eigenvalue weighted by Gasteiger charge is -2.28. The predicted octanol–water partition coefficient (Wildman–Crippen LogP) is 4.72. The summed E-state index contributed by atoms with van der Waals surface area (Å²) >= 11 is 0. The number of carbonyl (C=O) groups is 1. The molecule has 1 aliphatic rings. The molecule has 0 fully saturated rings. The second kappa shape index (κ2) is 8.19. The normalized spacial score (nSPS) is 13.8. The van der Waals surface area contributed by atoms with Crippen molar-refractivity contribution in [3.63, 3.8) is 0 Å². The summed E-state index contributed by atoms with van der Waals surface area (Å²) in [6.07, 6.45) is 0.366. The van der Waals surface area contributed by atoms with Crippen LogP contribution in [0.4, 0.5) is 24.7 Å². The van der Waals surface area contributed by atoms with Crippen LogP contribution in [0.3, 0.4) is 0 Å². The van der Waals surface area contributed by atoms with Crippen LogP contribution in [0.25, 0.3) is 22.1 Å². The number of benzene rings is 2. The molecule has 0 aliphatic carbocycles. The SMILES string of the molecule is Cc1nccn1-c1ccc(N2CCc3c(C(F)(F)F)nn(-c4ccc5ccnc(N)c5c4)c3C2=O)cc1. The molecule has 186 valence electrons. The number of aromatic nitrogens is 5. The minimum Gasteiger partial charge on any atom is -0.383 e. The van der Waals surface area contributed by atoms with E-state index in [4.69, 9.17) is 5.73 Å². The van der Waals surface area contributed by atoms with Crippen LogP contribution in [-0.2, 0) is 12.6 Å². The summed E-state index contributed by atoms with van der Waals surface area (Å²) in [6.45, 7) is 1.97. The van der Waals surface area contributed by atoms with Gasteiger partial charge in [-0.3, -0.25) is 4.79 Å². The van der Waals surface area contributed by atoms with E-state index >= 15 is 0 Å². The standard InChI is InChI=1S/C26H20F3N7O/c1-15-31-11-13-34(15)17-4-6-18(7-5-17)35-12-9-20-22(25(35)37)36(33-23(20)26(27,28)29)19-3-2-16-8-10-32-24(30)21(16)14-19/h2-8,10-11,13-14H,9,12H2,1H3,(H2,30,32). The Morgan fingerprint density at radius 3 is 2.38 bits per heavy atom. The molecule has 0 unspecified atom stereocenters. The first-order chi connectivity index (χ1) is 17.7. The van der Waals surface area contributed by atoms with E-state index in [9.17, 15) is 18.0 Å². The molecule has 3 aromatic heterocycles. The van der Waals surface area contributed by atoms with Crippen LogP contribution >= 0.6 is 0 Å². The highest BCUT2D eigenvalue weighted by atomic mass is 19.4. The van der Waals surface area contributed by atoms with Gasteiger partial charge in [0.1, 0.15) is 17.3 Å². The Morgan fingerprint density at radius 2 is 1.68 bits per heavy atom. The van der Waals surface area contributed by atoms with Gasteiger partial charge in [0.25, 0.3) is 5.91 Å². The first-order valence-corrected chi connectivity index (χ1v) is 11.5. The van der Waals surface area contributed by atoms with Crippen molar-refractivity contribution in [2.75, 3.05) is 17.2 Å². The topological polar surface area (TPSA) is 94.9 Å². The van der Waals surface area contributed by atoms with Crippen LogP contribution in [0.15, 0.2) is 67.1 Å². The van der Waals surface area contributed by atoms with Crippen molar-refractivity contribution in [1.82, 2.24) is 24.3 Å². The molecule has 1 aliphatic heterocycles. The zero-order valence-corrected chi connectivity index (χ0v) is 19.6. The molecule has 37 heavy (non-hydrogen) atoms. The van der Waals surface area contributed by atoms with Gasteiger partial charge in [0.15, 0.2) is 5.69 Å². The molecule has 0 saturated heterocycles. The molecule has 5 aromatic rings. The number of fused-ring (bicyclic) bond motifs is 2. The molecule has 0 atom stereocenters. The molecule has 0 bridgehead atoms. The van der Waals surface area contributed by atoms with Gasteiger partial charge in [0, 0.05) is 47.5 Å². The third-order valence-electron chi connectivity index (χ3n) is 6.58. The van der Waals surface area contributed by atoms with Crippen LogP contribution in [0.2, 0.25) is 0 Å². The molecule has 2 aromatic carbocycles. The minimum atomic E-state index is -4.71. The largest absolute Gasteiger partial charge is 0.435 e. The molecule has 0 spiro atoms. The van der Waals surface area contributed by atoms with Gasteiger partial charge < -0.3 is 15.2 Å². The highest BCUT2D eigenvalue weighted by Gasteiger charge is 2.43. The maximum absolute atomic E-state index is 13.9. The van der Waals surface area contributed by atoms with Crippen LogP contribution in [0.1, 0.15) is 27.6 Å². The van der Waals surface area contributed by atoms with Crippen molar-refractivity contribution in [3.8, 4) is 11.4 Å². The summed E-state index contributed by atoms with van der Waals surface area (Å²) < 4.78 is 44.8.